The van der Waals surface area contributed by atoms with Crippen LogP contribution in [0.2, 0.25) is 0 Å². The second kappa shape index (κ2) is 6.52. The number of hydrogen-bond donors (Lipinski definition) is 0. The number of carbonyl (C=O) groups excluding carboxylic acids is 2. The molecule has 0 fully saturated rings. The maximum atomic E-state index is 11.7. The van der Waals surface area contributed by atoms with Crippen molar-refractivity contribution in [3.05, 3.63) is 48.2 Å². The number of fused-ring (bicyclic) bond motifs is 1. The van der Waals surface area contributed by atoms with Gasteiger partial charge in [0.1, 0.15) is 0 Å². The first-order valence-electron chi connectivity index (χ1n) is 7.10. The molecule has 0 bridgehead atoms. The second-order valence-corrected chi connectivity index (χ2v) is 6.04. The molecule has 22 heavy (non-hydrogen) atoms. The summed E-state index contributed by atoms with van der Waals surface area (Å²) in [6.07, 6.45) is 2.86. The molecule has 114 valence electrons. The van der Waals surface area contributed by atoms with E-state index in [1.165, 1.54) is 6.08 Å². The van der Waals surface area contributed by atoms with E-state index in [4.69, 9.17) is 4.74 Å². The first kappa shape index (κ1) is 15.9. The molecule has 4 heteroatoms. The Morgan fingerprint density at radius 2 is 1.86 bits per heavy atom. The highest BCUT2D eigenvalue weighted by atomic mass is 16.5. The first-order valence-corrected chi connectivity index (χ1v) is 7.10. The number of Topliss-reactive ketones (excluding diaryl/α,β-unsaturated/α-hetero) is 1. The Hall–Kier alpha value is -2.49. The number of hydrogen-bond acceptors (Lipinski definition) is 4. The van der Waals surface area contributed by atoms with Crippen LogP contribution in [0.15, 0.2) is 42.5 Å². The van der Waals surface area contributed by atoms with E-state index in [1.807, 2.05) is 36.4 Å². The third kappa shape index (κ3) is 4.25. The van der Waals surface area contributed by atoms with E-state index >= 15 is 0 Å². The predicted molar refractivity (Wildman–Crippen MR) is 86.2 cm³/mol. The van der Waals surface area contributed by atoms with Gasteiger partial charge in [0.15, 0.2) is 12.4 Å². The van der Waals surface area contributed by atoms with Crippen molar-refractivity contribution in [1.82, 2.24) is 4.98 Å². The first-order chi connectivity index (χ1) is 10.4. The average molecular weight is 297 g/mol. The lowest BCUT2D eigenvalue weighted by Crippen LogP contribution is -2.25. The molecule has 0 unspecified atom stereocenters. The van der Waals surface area contributed by atoms with Crippen molar-refractivity contribution in [3.63, 3.8) is 0 Å². The molecule has 0 aliphatic carbocycles. The highest BCUT2D eigenvalue weighted by molar-refractivity contribution is 5.91. The number of rotatable bonds is 4. The fourth-order valence-electron chi connectivity index (χ4n) is 1.73. The summed E-state index contributed by atoms with van der Waals surface area (Å²) < 4.78 is 4.94. The lowest BCUT2D eigenvalue weighted by molar-refractivity contribution is -0.145. The van der Waals surface area contributed by atoms with Crippen molar-refractivity contribution < 1.29 is 14.3 Å². The maximum absolute atomic E-state index is 11.7. The van der Waals surface area contributed by atoms with Crippen molar-refractivity contribution in [3.8, 4) is 0 Å². The van der Waals surface area contributed by atoms with Gasteiger partial charge in [-0.25, -0.2) is 9.78 Å². The van der Waals surface area contributed by atoms with Gasteiger partial charge >= 0.3 is 5.97 Å². The van der Waals surface area contributed by atoms with Gasteiger partial charge < -0.3 is 4.74 Å². The van der Waals surface area contributed by atoms with Crippen LogP contribution < -0.4 is 0 Å². The highest BCUT2D eigenvalue weighted by Gasteiger charge is 2.21. The summed E-state index contributed by atoms with van der Waals surface area (Å²) >= 11 is 0. The third-order valence-corrected chi connectivity index (χ3v) is 3.19. The van der Waals surface area contributed by atoms with Crippen LogP contribution in [0.4, 0.5) is 0 Å². The molecule has 1 heterocycles. The monoisotopic (exact) mass is 297 g/mol. The lowest BCUT2D eigenvalue weighted by Gasteiger charge is -2.15. The van der Waals surface area contributed by atoms with E-state index in [-0.39, 0.29) is 12.4 Å². The van der Waals surface area contributed by atoms with E-state index in [9.17, 15) is 9.59 Å². The van der Waals surface area contributed by atoms with Crippen molar-refractivity contribution in [2.45, 2.75) is 20.8 Å². The number of pyridine rings is 1. The summed E-state index contributed by atoms with van der Waals surface area (Å²) in [6.45, 7) is 5.16. The molecular formula is C18H19NO3. The molecule has 0 aliphatic heterocycles. The molecule has 2 rings (SSSR count). The number of ketones is 1. The lowest BCUT2D eigenvalue weighted by atomic mass is 9.91. The van der Waals surface area contributed by atoms with Crippen LogP contribution in [0, 0.1) is 5.41 Å². The summed E-state index contributed by atoms with van der Waals surface area (Å²) in [5, 5.41) is 1.04. The SMILES string of the molecule is CC(C)(C)C(=O)COC(=O)/C=C/c1ccc2ccccc2n1. The zero-order valence-electron chi connectivity index (χ0n) is 13.0. The van der Waals surface area contributed by atoms with Crippen molar-refractivity contribution in [2.24, 2.45) is 5.41 Å². The number of esters is 1. The van der Waals surface area contributed by atoms with Crippen LogP contribution in [-0.2, 0) is 14.3 Å². The number of carbonyl (C=O) groups is 2. The predicted octanol–water partition coefficient (Wildman–Crippen LogP) is 3.41. The molecule has 4 nitrogen and oxygen atoms in total. The zero-order chi connectivity index (χ0) is 16.2. The smallest absolute Gasteiger partial charge is 0.331 e. The topological polar surface area (TPSA) is 56.3 Å². The molecule has 1 aromatic heterocycles. The highest BCUT2D eigenvalue weighted by Crippen LogP contribution is 2.15. The number of para-hydroxylation sites is 1. The number of ether oxygens (including phenoxy) is 1. The quantitative estimate of drug-likeness (QED) is 0.641. The third-order valence-electron chi connectivity index (χ3n) is 3.19. The van der Waals surface area contributed by atoms with Crippen LogP contribution in [0.3, 0.4) is 0 Å². The molecule has 0 aliphatic rings. The van der Waals surface area contributed by atoms with Gasteiger partial charge in [-0.3, -0.25) is 4.79 Å². The van der Waals surface area contributed by atoms with E-state index in [0.29, 0.717) is 5.69 Å². The van der Waals surface area contributed by atoms with Gasteiger partial charge in [-0.15, -0.1) is 0 Å². The van der Waals surface area contributed by atoms with Crippen molar-refractivity contribution in [2.75, 3.05) is 6.61 Å². The fourth-order valence-corrected chi connectivity index (χ4v) is 1.73. The Balaban J connectivity index is 1.98. The molecule has 2 aromatic rings. The standard InChI is InChI=1S/C18H19NO3/c1-18(2,3)16(20)12-22-17(21)11-10-14-9-8-13-6-4-5-7-15(13)19-14/h4-11H,12H2,1-3H3/b11-10+. The van der Waals surface area contributed by atoms with Crippen LogP contribution in [-0.4, -0.2) is 23.3 Å². The van der Waals surface area contributed by atoms with Crippen LogP contribution in [0.5, 0.6) is 0 Å². The molecule has 0 amide bonds. The van der Waals surface area contributed by atoms with Gasteiger partial charge in [-0.05, 0) is 18.2 Å². The number of nitrogens with zero attached hydrogens (tertiary/aromatic N) is 1. The largest absolute Gasteiger partial charge is 0.455 e. The van der Waals surface area contributed by atoms with E-state index in [2.05, 4.69) is 4.98 Å². The minimum atomic E-state index is -0.549. The minimum absolute atomic E-state index is 0.113. The van der Waals surface area contributed by atoms with Gasteiger partial charge in [0.2, 0.25) is 0 Å². The van der Waals surface area contributed by atoms with E-state index in [0.717, 1.165) is 10.9 Å². The van der Waals surface area contributed by atoms with Crippen LogP contribution in [0.25, 0.3) is 17.0 Å². The normalized spacial score (nSPS) is 11.8. The van der Waals surface area contributed by atoms with E-state index in [1.54, 1.807) is 26.8 Å². The molecule has 0 saturated heterocycles. The molecule has 0 radical (unpaired) electrons. The Morgan fingerprint density at radius 1 is 1.14 bits per heavy atom. The molecular weight excluding hydrogens is 278 g/mol. The summed E-state index contributed by atoms with van der Waals surface area (Å²) in [5.41, 5.74) is 1.02. The van der Waals surface area contributed by atoms with Crippen molar-refractivity contribution >= 4 is 28.7 Å². The van der Waals surface area contributed by atoms with Gasteiger partial charge in [0.25, 0.3) is 0 Å². The molecule has 0 N–H and O–H groups in total. The Morgan fingerprint density at radius 3 is 2.59 bits per heavy atom. The summed E-state index contributed by atoms with van der Waals surface area (Å²) in [7, 11) is 0. The summed E-state index contributed by atoms with van der Waals surface area (Å²) in [6, 6.07) is 11.5. The molecule has 0 atom stereocenters. The second-order valence-electron chi connectivity index (χ2n) is 6.04. The van der Waals surface area contributed by atoms with Gasteiger partial charge in [-0.1, -0.05) is 45.0 Å². The average Bonchev–Trinajstić information content (AvgIpc) is 2.49. The number of aromatic nitrogens is 1. The van der Waals surface area contributed by atoms with Gasteiger partial charge in [0.05, 0.1) is 11.2 Å². The molecule has 1 aromatic carbocycles. The molecule has 0 saturated carbocycles. The Labute approximate surface area is 129 Å². The zero-order valence-corrected chi connectivity index (χ0v) is 13.0. The summed E-state index contributed by atoms with van der Waals surface area (Å²) in [4.78, 5) is 27.7. The van der Waals surface area contributed by atoms with Crippen LogP contribution >= 0.6 is 0 Å². The Kier molecular flexibility index (Phi) is 4.71. The van der Waals surface area contributed by atoms with Crippen LogP contribution in [0.1, 0.15) is 26.5 Å². The van der Waals surface area contributed by atoms with Crippen molar-refractivity contribution in [1.29, 1.82) is 0 Å². The fraction of sp³-hybridized carbons (Fsp3) is 0.278. The van der Waals surface area contributed by atoms with E-state index < -0.39 is 11.4 Å². The van der Waals surface area contributed by atoms with Gasteiger partial charge in [-0.2, -0.15) is 0 Å². The summed E-state index contributed by atoms with van der Waals surface area (Å²) in [5.74, 6) is -0.661. The maximum Gasteiger partial charge on any atom is 0.331 e. The number of benzene rings is 1. The minimum Gasteiger partial charge on any atom is -0.455 e. The van der Waals surface area contributed by atoms with Gasteiger partial charge in [0, 0.05) is 16.9 Å². The Bertz CT molecular complexity index is 726. The molecule has 0 spiro atoms.